The van der Waals surface area contributed by atoms with Crippen molar-refractivity contribution in [3.8, 4) is 5.75 Å². The standard InChI is InChI=1S/C14H21NO2/c1-15(13-4-3-5-14(13)16)10-11-6-8-12(17-2)9-7-11/h6-9,13-14,16H,3-5,10H2,1-2H3/t13-,14-/m1/s1. The van der Waals surface area contributed by atoms with Gasteiger partial charge in [-0.05, 0) is 44.0 Å². The summed E-state index contributed by atoms with van der Waals surface area (Å²) in [5.74, 6) is 0.886. The maximum Gasteiger partial charge on any atom is 0.118 e. The van der Waals surface area contributed by atoms with E-state index in [4.69, 9.17) is 4.74 Å². The summed E-state index contributed by atoms with van der Waals surface area (Å²) in [5.41, 5.74) is 1.26. The zero-order valence-electron chi connectivity index (χ0n) is 10.6. The van der Waals surface area contributed by atoms with Crippen molar-refractivity contribution in [1.82, 2.24) is 4.90 Å². The normalized spacial score (nSPS) is 24.2. The van der Waals surface area contributed by atoms with Gasteiger partial charge in [0.05, 0.1) is 13.2 Å². The topological polar surface area (TPSA) is 32.7 Å². The minimum absolute atomic E-state index is 0.154. The second kappa shape index (κ2) is 5.52. The predicted molar refractivity (Wildman–Crippen MR) is 68.1 cm³/mol. The molecule has 0 amide bonds. The fourth-order valence-electron chi connectivity index (χ4n) is 2.57. The van der Waals surface area contributed by atoms with E-state index < -0.39 is 0 Å². The molecule has 1 aromatic carbocycles. The molecule has 1 N–H and O–H groups in total. The lowest BCUT2D eigenvalue weighted by atomic mass is 10.1. The Bertz CT molecular complexity index is 350. The minimum atomic E-state index is -0.154. The van der Waals surface area contributed by atoms with E-state index in [1.807, 2.05) is 12.1 Å². The molecule has 1 fully saturated rings. The molecule has 1 aliphatic rings. The maximum atomic E-state index is 9.86. The third kappa shape index (κ3) is 2.99. The second-order valence-corrected chi connectivity index (χ2v) is 4.83. The van der Waals surface area contributed by atoms with Gasteiger partial charge in [0.1, 0.15) is 5.75 Å². The van der Waals surface area contributed by atoms with Crippen molar-refractivity contribution in [2.24, 2.45) is 0 Å². The number of rotatable bonds is 4. The summed E-state index contributed by atoms with van der Waals surface area (Å²) in [5, 5.41) is 9.86. The van der Waals surface area contributed by atoms with Gasteiger partial charge in [-0.2, -0.15) is 0 Å². The van der Waals surface area contributed by atoms with Gasteiger partial charge >= 0.3 is 0 Å². The monoisotopic (exact) mass is 235 g/mol. The zero-order chi connectivity index (χ0) is 12.3. The molecule has 0 radical (unpaired) electrons. The summed E-state index contributed by atoms with van der Waals surface area (Å²) >= 11 is 0. The first-order chi connectivity index (χ1) is 8.20. The molecule has 0 unspecified atom stereocenters. The van der Waals surface area contributed by atoms with Gasteiger partial charge in [0.2, 0.25) is 0 Å². The smallest absolute Gasteiger partial charge is 0.118 e. The van der Waals surface area contributed by atoms with E-state index in [0.29, 0.717) is 6.04 Å². The molecule has 1 aromatic rings. The van der Waals surface area contributed by atoms with Crippen molar-refractivity contribution in [2.75, 3.05) is 14.2 Å². The van der Waals surface area contributed by atoms with Crippen LogP contribution in [0, 0.1) is 0 Å². The van der Waals surface area contributed by atoms with Gasteiger partial charge < -0.3 is 9.84 Å². The van der Waals surface area contributed by atoms with Crippen LogP contribution in [0.4, 0.5) is 0 Å². The van der Waals surface area contributed by atoms with Crippen molar-refractivity contribution >= 4 is 0 Å². The Morgan fingerprint density at radius 2 is 2.00 bits per heavy atom. The van der Waals surface area contributed by atoms with Crippen LogP contribution in [0.1, 0.15) is 24.8 Å². The van der Waals surface area contributed by atoms with E-state index in [1.165, 1.54) is 5.56 Å². The predicted octanol–water partition coefficient (Wildman–Crippen LogP) is 2.04. The van der Waals surface area contributed by atoms with Crippen LogP contribution < -0.4 is 4.74 Å². The molecule has 2 rings (SSSR count). The molecule has 0 bridgehead atoms. The summed E-state index contributed by atoms with van der Waals surface area (Å²) in [6.45, 7) is 0.881. The van der Waals surface area contributed by atoms with Crippen LogP contribution in [-0.2, 0) is 6.54 Å². The highest BCUT2D eigenvalue weighted by Gasteiger charge is 2.28. The van der Waals surface area contributed by atoms with Gasteiger partial charge in [0.15, 0.2) is 0 Å². The molecule has 94 valence electrons. The average molecular weight is 235 g/mol. The number of benzene rings is 1. The fraction of sp³-hybridized carbons (Fsp3) is 0.571. The lowest BCUT2D eigenvalue weighted by Gasteiger charge is -2.27. The van der Waals surface area contributed by atoms with Crippen molar-refractivity contribution in [2.45, 2.75) is 38.0 Å². The third-order valence-electron chi connectivity index (χ3n) is 3.60. The van der Waals surface area contributed by atoms with Crippen molar-refractivity contribution < 1.29 is 9.84 Å². The summed E-state index contributed by atoms with van der Waals surface area (Å²) in [7, 11) is 3.76. The van der Waals surface area contributed by atoms with Crippen LogP contribution in [-0.4, -0.2) is 36.3 Å². The largest absolute Gasteiger partial charge is 0.497 e. The van der Waals surface area contributed by atoms with E-state index in [2.05, 4.69) is 24.1 Å². The number of hydrogen-bond acceptors (Lipinski definition) is 3. The maximum absolute atomic E-state index is 9.86. The first kappa shape index (κ1) is 12.4. The fourth-order valence-corrected chi connectivity index (χ4v) is 2.57. The Balaban J connectivity index is 1.95. The first-order valence-corrected chi connectivity index (χ1v) is 6.22. The van der Waals surface area contributed by atoms with E-state index in [9.17, 15) is 5.11 Å². The Hall–Kier alpha value is -1.06. The van der Waals surface area contributed by atoms with Gasteiger partial charge in [-0.15, -0.1) is 0 Å². The van der Waals surface area contributed by atoms with E-state index in [1.54, 1.807) is 7.11 Å². The molecule has 1 saturated carbocycles. The average Bonchev–Trinajstić information content (AvgIpc) is 2.76. The van der Waals surface area contributed by atoms with Crippen molar-refractivity contribution in [3.05, 3.63) is 29.8 Å². The second-order valence-electron chi connectivity index (χ2n) is 4.83. The lowest BCUT2D eigenvalue weighted by molar-refractivity contribution is 0.0825. The number of aliphatic hydroxyl groups is 1. The first-order valence-electron chi connectivity index (χ1n) is 6.22. The molecule has 2 atom stereocenters. The summed E-state index contributed by atoms with van der Waals surface area (Å²) in [6, 6.07) is 8.44. The van der Waals surface area contributed by atoms with E-state index in [-0.39, 0.29) is 6.10 Å². The lowest BCUT2D eigenvalue weighted by Crippen LogP contribution is -2.36. The summed E-state index contributed by atoms with van der Waals surface area (Å²) < 4.78 is 5.14. The Morgan fingerprint density at radius 3 is 2.53 bits per heavy atom. The minimum Gasteiger partial charge on any atom is -0.497 e. The van der Waals surface area contributed by atoms with Gasteiger partial charge in [-0.3, -0.25) is 4.90 Å². The van der Waals surface area contributed by atoms with Crippen LogP contribution in [0.5, 0.6) is 5.75 Å². The Morgan fingerprint density at radius 1 is 1.29 bits per heavy atom. The van der Waals surface area contributed by atoms with Crippen LogP contribution in [0.3, 0.4) is 0 Å². The highest BCUT2D eigenvalue weighted by Crippen LogP contribution is 2.24. The Labute approximate surface area is 103 Å². The molecular formula is C14H21NO2. The molecule has 3 nitrogen and oxygen atoms in total. The molecule has 3 heteroatoms. The van der Waals surface area contributed by atoms with Crippen LogP contribution in [0.15, 0.2) is 24.3 Å². The molecule has 0 heterocycles. The number of aliphatic hydroxyl groups excluding tert-OH is 1. The highest BCUT2D eigenvalue weighted by atomic mass is 16.5. The highest BCUT2D eigenvalue weighted by molar-refractivity contribution is 5.27. The van der Waals surface area contributed by atoms with Gasteiger partial charge in [0, 0.05) is 12.6 Å². The number of ether oxygens (including phenoxy) is 1. The van der Waals surface area contributed by atoms with E-state index >= 15 is 0 Å². The molecule has 0 aliphatic heterocycles. The number of hydrogen-bond donors (Lipinski definition) is 1. The molecule has 0 spiro atoms. The van der Waals surface area contributed by atoms with Crippen LogP contribution >= 0.6 is 0 Å². The van der Waals surface area contributed by atoms with E-state index in [0.717, 1.165) is 31.6 Å². The van der Waals surface area contributed by atoms with Crippen LogP contribution in [0.2, 0.25) is 0 Å². The zero-order valence-corrected chi connectivity index (χ0v) is 10.6. The summed E-state index contributed by atoms with van der Waals surface area (Å²) in [4.78, 5) is 2.25. The molecular weight excluding hydrogens is 214 g/mol. The summed E-state index contributed by atoms with van der Waals surface area (Å²) in [6.07, 6.45) is 3.03. The van der Waals surface area contributed by atoms with Crippen molar-refractivity contribution in [3.63, 3.8) is 0 Å². The third-order valence-corrected chi connectivity index (χ3v) is 3.60. The number of nitrogens with zero attached hydrogens (tertiary/aromatic N) is 1. The molecule has 0 saturated heterocycles. The van der Waals surface area contributed by atoms with Gasteiger partial charge in [-0.1, -0.05) is 12.1 Å². The number of methoxy groups -OCH3 is 1. The number of likely N-dealkylation sites (N-methyl/N-ethyl adjacent to an activating group) is 1. The molecule has 0 aromatic heterocycles. The Kier molecular flexibility index (Phi) is 4.02. The quantitative estimate of drug-likeness (QED) is 0.867. The van der Waals surface area contributed by atoms with Crippen LogP contribution in [0.25, 0.3) is 0 Å². The van der Waals surface area contributed by atoms with Gasteiger partial charge in [-0.25, -0.2) is 0 Å². The SMILES string of the molecule is COc1ccc(CN(C)[C@@H]2CCC[C@H]2O)cc1. The molecule has 17 heavy (non-hydrogen) atoms. The van der Waals surface area contributed by atoms with Crippen molar-refractivity contribution in [1.29, 1.82) is 0 Å². The van der Waals surface area contributed by atoms with Gasteiger partial charge in [0.25, 0.3) is 0 Å². The molecule has 1 aliphatic carbocycles.